The Morgan fingerprint density at radius 1 is 1.56 bits per heavy atom. The van der Waals surface area contributed by atoms with Gasteiger partial charge in [0, 0.05) is 11.1 Å². The fourth-order valence-corrected chi connectivity index (χ4v) is 2.68. The van der Waals surface area contributed by atoms with E-state index in [1.54, 1.807) is 17.5 Å². The van der Waals surface area contributed by atoms with E-state index < -0.39 is 0 Å². The second-order valence-corrected chi connectivity index (χ2v) is 5.41. The van der Waals surface area contributed by atoms with Crippen LogP contribution in [-0.2, 0) is 6.42 Å². The summed E-state index contributed by atoms with van der Waals surface area (Å²) in [5.41, 5.74) is 7.51. The number of nitrogens with one attached hydrogen (secondary N) is 1. The van der Waals surface area contributed by atoms with E-state index >= 15 is 0 Å². The highest BCUT2D eigenvalue weighted by Gasteiger charge is 2.10. The number of aryl methyl sites for hydroxylation is 2. The van der Waals surface area contributed by atoms with Crippen LogP contribution in [0.25, 0.3) is 0 Å². The van der Waals surface area contributed by atoms with Gasteiger partial charge >= 0.3 is 0 Å². The molecule has 2 heterocycles. The molecule has 0 radical (unpaired) electrons. The zero-order valence-corrected chi connectivity index (χ0v) is 11.9. The topological polar surface area (TPSA) is 63.8 Å². The summed E-state index contributed by atoms with van der Waals surface area (Å²) < 4.78 is 0. The third-order valence-corrected chi connectivity index (χ3v) is 3.67. The molecule has 6 heteroatoms. The van der Waals surface area contributed by atoms with Crippen LogP contribution >= 0.6 is 23.6 Å². The first-order valence-corrected chi connectivity index (χ1v) is 6.82. The first-order valence-electron chi connectivity index (χ1n) is 5.60. The highest BCUT2D eigenvalue weighted by molar-refractivity contribution is 7.80. The van der Waals surface area contributed by atoms with Crippen LogP contribution < -0.4 is 11.1 Å². The second kappa shape index (κ2) is 5.41. The molecule has 4 nitrogen and oxygen atoms in total. The van der Waals surface area contributed by atoms with Crippen LogP contribution in [0.4, 0.5) is 10.9 Å². The Hall–Kier alpha value is -1.53. The predicted octanol–water partition coefficient (Wildman–Crippen LogP) is 2.79. The van der Waals surface area contributed by atoms with Crippen molar-refractivity contribution in [2.75, 3.05) is 5.32 Å². The van der Waals surface area contributed by atoms with Crippen LogP contribution in [0.1, 0.15) is 23.1 Å². The number of aromatic nitrogens is 2. The molecule has 2 aromatic rings. The van der Waals surface area contributed by atoms with Crippen molar-refractivity contribution in [2.24, 2.45) is 5.73 Å². The van der Waals surface area contributed by atoms with Gasteiger partial charge in [-0.25, -0.2) is 9.97 Å². The van der Waals surface area contributed by atoms with Crippen LogP contribution in [0.5, 0.6) is 0 Å². The highest BCUT2D eigenvalue weighted by atomic mass is 32.1. The van der Waals surface area contributed by atoms with Crippen molar-refractivity contribution in [1.29, 1.82) is 0 Å². The monoisotopic (exact) mass is 278 g/mol. The number of thiocarbonyl (C=S) groups is 1. The summed E-state index contributed by atoms with van der Waals surface area (Å²) in [4.78, 5) is 10.3. The van der Waals surface area contributed by atoms with E-state index in [-0.39, 0.29) is 0 Å². The van der Waals surface area contributed by atoms with Crippen LogP contribution in [0.15, 0.2) is 18.3 Å². The Kier molecular flexibility index (Phi) is 3.88. The maximum absolute atomic E-state index is 5.66. The Morgan fingerprint density at radius 2 is 2.33 bits per heavy atom. The lowest BCUT2D eigenvalue weighted by atomic mass is 10.2. The van der Waals surface area contributed by atoms with E-state index in [1.165, 1.54) is 4.88 Å². The predicted molar refractivity (Wildman–Crippen MR) is 79.6 cm³/mol. The SMILES string of the molecule is CCc1nc(Nc2ncccc2C(N)=S)sc1C. The fourth-order valence-electron chi connectivity index (χ4n) is 1.61. The molecule has 0 bridgehead atoms. The van der Waals surface area contributed by atoms with E-state index in [2.05, 4.69) is 29.1 Å². The van der Waals surface area contributed by atoms with Crippen molar-refractivity contribution in [3.05, 3.63) is 34.5 Å². The first kappa shape index (κ1) is 12.9. The Bertz CT molecular complexity index is 577. The summed E-state index contributed by atoms with van der Waals surface area (Å²) in [6.07, 6.45) is 2.62. The number of rotatable bonds is 4. The minimum absolute atomic E-state index is 0.328. The third-order valence-electron chi connectivity index (χ3n) is 2.53. The van der Waals surface area contributed by atoms with Gasteiger partial charge in [-0.3, -0.25) is 0 Å². The van der Waals surface area contributed by atoms with E-state index in [9.17, 15) is 0 Å². The van der Waals surface area contributed by atoms with Gasteiger partial charge in [-0.1, -0.05) is 19.1 Å². The summed E-state index contributed by atoms with van der Waals surface area (Å²) in [5, 5.41) is 4.00. The summed E-state index contributed by atoms with van der Waals surface area (Å²) in [7, 11) is 0. The lowest BCUT2D eigenvalue weighted by Crippen LogP contribution is -2.12. The average molecular weight is 278 g/mol. The van der Waals surface area contributed by atoms with Gasteiger partial charge in [0.05, 0.1) is 11.3 Å². The molecule has 0 saturated heterocycles. The molecule has 18 heavy (non-hydrogen) atoms. The van der Waals surface area contributed by atoms with Crippen molar-refractivity contribution in [1.82, 2.24) is 9.97 Å². The van der Waals surface area contributed by atoms with E-state index in [4.69, 9.17) is 18.0 Å². The molecule has 0 spiro atoms. The Labute approximate surface area is 115 Å². The van der Waals surface area contributed by atoms with E-state index in [0.717, 1.165) is 22.8 Å². The first-order chi connectivity index (χ1) is 8.61. The van der Waals surface area contributed by atoms with Gasteiger partial charge in [0.25, 0.3) is 0 Å². The largest absolute Gasteiger partial charge is 0.389 e. The second-order valence-electron chi connectivity index (χ2n) is 3.76. The molecule has 0 atom stereocenters. The molecule has 2 aromatic heterocycles. The lowest BCUT2D eigenvalue weighted by molar-refractivity contribution is 1.04. The van der Waals surface area contributed by atoms with Gasteiger partial charge < -0.3 is 11.1 Å². The third kappa shape index (κ3) is 2.65. The molecule has 0 aliphatic rings. The molecule has 3 N–H and O–H groups in total. The van der Waals surface area contributed by atoms with Crippen molar-refractivity contribution >= 4 is 39.5 Å². The highest BCUT2D eigenvalue weighted by Crippen LogP contribution is 2.26. The van der Waals surface area contributed by atoms with E-state index in [1.807, 2.05) is 12.1 Å². The molecule has 0 saturated carbocycles. The molecule has 0 aliphatic carbocycles. The van der Waals surface area contributed by atoms with Crippen molar-refractivity contribution < 1.29 is 0 Å². The van der Waals surface area contributed by atoms with Crippen LogP contribution in [-0.4, -0.2) is 15.0 Å². The van der Waals surface area contributed by atoms with Gasteiger partial charge in [-0.05, 0) is 25.5 Å². The quantitative estimate of drug-likeness (QED) is 0.842. The van der Waals surface area contributed by atoms with E-state index in [0.29, 0.717) is 10.8 Å². The van der Waals surface area contributed by atoms with Gasteiger partial charge in [-0.15, -0.1) is 11.3 Å². The molecular weight excluding hydrogens is 264 g/mol. The fraction of sp³-hybridized carbons (Fsp3) is 0.250. The molecule has 2 rings (SSSR count). The maximum Gasteiger partial charge on any atom is 0.188 e. The molecular formula is C12H14N4S2. The molecule has 0 aliphatic heterocycles. The molecule has 94 valence electrons. The number of hydrogen-bond acceptors (Lipinski definition) is 5. The van der Waals surface area contributed by atoms with Gasteiger partial charge in [0.15, 0.2) is 5.13 Å². The summed E-state index contributed by atoms with van der Waals surface area (Å²) in [5.74, 6) is 0.654. The van der Waals surface area contributed by atoms with Crippen molar-refractivity contribution in [3.63, 3.8) is 0 Å². The van der Waals surface area contributed by atoms with Gasteiger partial charge in [0.2, 0.25) is 0 Å². The Morgan fingerprint density at radius 3 is 2.94 bits per heavy atom. The molecule has 0 aromatic carbocycles. The van der Waals surface area contributed by atoms with Crippen molar-refractivity contribution in [2.45, 2.75) is 20.3 Å². The maximum atomic E-state index is 5.66. The van der Waals surface area contributed by atoms with Crippen molar-refractivity contribution in [3.8, 4) is 0 Å². The molecule has 0 amide bonds. The number of hydrogen-bond donors (Lipinski definition) is 2. The summed E-state index contributed by atoms with van der Waals surface area (Å²) in [6, 6.07) is 3.66. The smallest absolute Gasteiger partial charge is 0.188 e. The average Bonchev–Trinajstić information content (AvgIpc) is 2.70. The number of nitrogens with two attached hydrogens (primary N) is 1. The minimum Gasteiger partial charge on any atom is -0.389 e. The summed E-state index contributed by atoms with van der Waals surface area (Å²) in [6.45, 7) is 4.15. The van der Waals surface area contributed by atoms with Gasteiger partial charge in [-0.2, -0.15) is 0 Å². The zero-order chi connectivity index (χ0) is 13.1. The van der Waals surface area contributed by atoms with Gasteiger partial charge in [0.1, 0.15) is 10.8 Å². The zero-order valence-electron chi connectivity index (χ0n) is 10.2. The Balaban J connectivity index is 2.31. The van der Waals surface area contributed by atoms with Crippen LogP contribution in [0.3, 0.4) is 0 Å². The molecule has 0 unspecified atom stereocenters. The van der Waals surface area contributed by atoms with Crippen LogP contribution in [0.2, 0.25) is 0 Å². The minimum atomic E-state index is 0.328. The standard InChI is InChI=1S/C12H14N4S2/c1-3-9-7(2)18-12(15-9)16-11-8(10(13)17)5-4-6-14-11/h4-6H,3H2,1-2H3,(H2,13,17)(H,14,15,16). The lowest BCUT2D eigenvalue weighted by Gasteiger charge is -2.06. The number of anilines is 2. The molecule has 0 fully saturated rings. The summed E-state index contributed by atoms with van der Waals surface area (Å²) >= 11 is 6.61. The number of nitrogens with zero attached hydrogens (tertiary/aromatic N) is 2. The number of thiazole rings is 1. The normalized spacial score (nSPS) is 10.3. The van der Waals surface area contributed by atoms with Crippen LogP contribution in [0, 0.1) is 6.92 Å². The number of pyridine rings is 1.